The molecule has 15 heteroatoms. The van der Waals surface area contributed by atoms with Gasteiger partial charge in [-0.3, -0.25) is 19.2 Å². The van der Waals surface area contributed by atoms with Gasteiger partial charge in [0.25, 0.3) is 17.7 Å². The Morgan fingerprint density at radius 1 is 1.00 bits per heavy atom. The first-order chi connectivity index (χ1) is 21.7. The molecule has 248 valence electrons. The van der Waals surface area contributed by atoms with Gasteiger partial charge in [0.05, 0.1) is 25.4 Å². The van der Waals surface area contributed by atoms with Crippen LogP contribution in [0, 0.1) is 11.6 Å². The van der Waals surface area contributed by atoms with Crippen molar-refractivity contribution in [2.45, 2.75) is 52.0 Å². The molecule has 0 radical (unpaired) electrons. The minimum atomic E-state index is -1.78. The maximum atomic E-state index is 14.8. The van der Waals surface area contributed by atoms with Crippen LogP contribution in [0.2, 0.25) is 0 Å². The number of rotatable bonds is 8. The molecule has 2 aromatic carbocycles. The standard InChI is InChI=1S/C31H36F2N4O9/c1-18(38)45-25(27(39)35-20-6-5-19(24(33)15-20)17-34-30(42)46-31(2,3)4)26-29(41)37(11-14-44-26)21-7-8-23(32)22(16-21)28(40)36-9-12-43-13-10-36/h5-8,15-16,25-26H,9-14,17H2,1-4H3,(H,34,42)(H,35,39)/t25-,26-/m1/s1. The van der Waals surface area contributed by atoms with Crippen LogP contribution in [0.3, 0.4) is 0 Å². The second kappa shape index (κ2) is 14.6. The van der Waals surface area contributed by atoms with Crippen LogP contribution in [-0.2, 0) is 39.9 Å². The molecular formula is C31H36F2N4O9. The number of ether oxygens (including phenoxy) is 4. The van der Waals surface area contributed by atoms with Gasteiger partial charge in [0, 0.05) is 50.0 Å². The Morgan fingerprint density at radius 2 is 1.72 bits per heavy atom. The van der Waals surface area contributed by atoms with Gasteiger partial charge in [-0.1, -0.05) is 6.07 Å². The van der Waals surface area contributed by atoms with E-state index in [-0.39, 0.29) is 55.3 Å². The summed E-state index contributed by atoms with van der Waals surface area (Å²) in [4.78, 5) is 66.4. The van der Waals surface area contributed by atoms with Crippen LogP contribution >= 0.6 is 0 Å². The Kier molecular flexibility index (Phi) is 10.9. The SMILES string of the molecule is CC(=O)O[C@@H](C(=O)Nc1ccc(CNC(=O)OC(C)(C)C)c(F)c1)[C@H]1OCCN(c2ccc(F)c(C(=O)N3CCOCC3)c2)C1=O. The number of nitrogens with one attached hydrogen (secondary N) is 2. The van der Waals surface area contributed by atoms with Crippen molar-refractivity contribution in [3.8, 4) is 0 Å². The van der Waals surface area contributed by atoms with Crippen molar-refractivity contribution in [3.63, 3.8) is 0 Å². The van der Waals surface area contributed by atoms with Gasteiger partial charge >= 0.3 is 12.1 Å². The van der Waals surface area contributed by atoms with E-state index in [0.29, 0.717) is 13.2 Å². The van der Waals surface area contributed by atoms with Crippen molar-refractivity contribution < 1.29 is 51.7 Å². The zero-order valence-corrected chi connectivity index (χ0v) is 25.9. The van der Waals surface area contributed by atoms with E-state index in [1.54, 1.807) is 20.8 Å². The Hall–Kier alpha value is -4.63. The number of benzene rings is 2. The van der Waals surface area contributed by atoms with Crippen LogP contribution in [0.15, 0.2) is 36.4 Å². The highest BCUT2D eigenvalue weighted by molar-refractivity contribution is 6.05. The number of carbonyl (C=O) groups excluding carboxylic acids is 5. The maximum Gasteiger partial charge on any atom is 0.407 e. The number of halogens is 2. The third kappa shape index (κ3) is 8.75. The summed E-state index contributed by atoms with van der Waals surface area (Å²) in [7, 11) is 0. The van der Waals surface area contributed by atoms with Crippen LogP contribution in [0.1, 0.15) is 43.6 Å². The predicted octanol–water partition coefficient (Wildman–Crippen LogP) is 2.76. The zero-order valence-electron chi connectivity index (χ0n) is 25.9. The van der Waals surface area contributed by atoms with Gasteiger partial charge in [-0.25, -0.2) is 13.6 Å². The monoisotopic (exact) mass is 646 g/mol. The summed E-state index contributed by atoms with van der Waals surface area (Å²) < 4.78 is 50.7. The smallest absolute Gasteiger partial charge is 0.407 e. The molecule has 0 spiro atoms. The van der Waals surface area contributed by atoms with Gasteiger partial charge in [0.15, 0.2) is 6.10 Å². The van der Waals surface area contributed by atoms with Crippen molar-refractivity contribution in [1.29, 1.82) is 0 Å². The molecule has 2 aliphatic heterocycles. The van der Waals surface area contributed by atoms with Crippen molar-refractivity contribution >= 4 is 41.2 Å². The number of esters is 1. The van der Waals surface area contributed by atoms with E-state index < -0.39 is 59.2 Å². The maximum absolute atomic E-state index is 14.8. The normalized spacial score (nSPS) is 17.6. The van der Waals surface area contributed by atoms with Gasteiger partial charge < -0.3 is 39.4 Å². The molecule has 2 fully saturated rings. The van der Waals surface area contributed by atoms with E-state index in [9.17, 15) is 32.8 Å². The van der Waals surface area contributed by atoms with E-state index in [1.807, 2.05) is 0 Å². The molecule has 2 aromatic rings. The molecule has 0 saturated carbocycles. The van der Waals surface area contributed by atoms with E-state index in [4.69, 9.17) is 18.9 Å². The number of morpholine rings is 2. The first-order valence-corrected chi connectivity index (χ1v) is 14.6. The highest BCUT2D eigenvalue weighted by atomic mass is 19.1. The zero-order chi connectivity index (χ0) is 33.6. The molecule has 0 aliphatic carbocycles. The Morgan fingerprint density at radius 3 is 2.37 bits per heavy atom. The van der Waals surface area contributed by atoms with Gasteiger partial charge in [-0.15, -0.1) is 0 Å². The number of anilines is 2. The molecule has 2 N–H and O–H groups in total. The third-order valence-electron chi connectivity index (χ3n) is 6.88. The first kappa shape index (κ1) is 34.2. The summed E-state index contributed by atoms with van der Waals surface area (Å²) in [5.74, 6) is -4.73. The van der Waals surface area contributed by atoms with E-state index in [1.165, 1.54) is 34.1 Å². The van der Waals surface area contributed by atoms with Crippen molar-refractivity contribution in [3.05, 3.63) is 59.2 Å². The summed E-state index contributed by atoms with van der Waals surface area (Å²) in [6.45, 7) is 7.05. The minimum absolute atomic E-state index is 0.00453. The average molecular weight is 647 g/mol. The van der Waals surface area contributed by atoms with Crippen molar-refractivity contribution in [1.82, 2.24) is 10.2 Å². The lowest BCUT2D eigenvalue weighted by atomic mass is 10.1. The second-order valence-electron chi connectivity index (χ2n) is 11.5. The molecule has 2 aliphatic rings. The van der Waals surface area contributed by atoms with E-state index in [0.717, 1.165) is 19.1 Å². The third-order valence-corrected chi connectivity index (χ3v) is 6.88. The molecular weight excluding hydrogens is 610 g/mol. The molecule has 2 saturated heterocycles. The summed E-state index contributed by atoms with van der Waals surface area (Å²) in [5.41, 5.74) is -0.717. The quantitative estimate of drug-likeness (QED) is 0.413. The first-order valence-electron chi connectivity index (χ1n) is 14.6. The Labute approximate surface area is 264 Å². The van der Waals surface area contributed by atoms with E-state index >= 15 is 0 Å². The van der Waals surface area contributed by atoms with Gasteiger partial charge in [0.1, 0.15) is 17.2 Å². The van der Waals surface area contributed by atoms with Gasteiger partial charge in [-0.2, -0.15) is 0 Å². The van der Waals surface area contributed by atoms with Crippen LogP contribution in [-0.4, -0.2) is 91.9 Å². The molecule has 0 aromatic heterocycles. The van der Waals surface area contributed by atoms with Crippen molar-refractivity contribution in [2.24, 2.45) is 0 Å². The number of carbonyl (C=O) groups is 5. The molecule has 13 nitrogen and oxygen atoms in total. The highest BCUT2D eigenvalue weighted by Gasteiger charge is 2.43. The summed E-state index contributed by atoms with van der Waals surface area (Å²) in [6, 6.07) is 7.32. The predicted molar refractivity (Wildman–Crippen MR) is 159 cm³/mol. The fraction of sp³-hybridized carbons (Fsp3) is 0.452. The van der Waals surface area contributed by atoms with Crippen LogP contribution < -0.4 is 15.5 Å². The van der Waals surface area contributed by atoms with Crippen LogP contribution in [0.4, 0.5) is 25.0 Å². The average Bonchev–Trinajstić information content (AvgIpc) is 2.99. The fourth-order valence-corrected chi connectivity index (χ4v) is 4.76. The van der Waals surface area contributed by atoms with E-state index in [2.05, 4.69) is 10.6 Å². The number of amides is 4. The fourth-order valence-electron chi connectivity index (χ4n) is 4.76. The summed E-state index contributed by atoms with van der Waals surface area (Å²) in [6.07, 6.45) is -4.12. The van der Waals surface area contributed by atoms with Crippen LogP contribution in [0.25, 0.3) is 0 Å². The number of hydrogen-bond acceptors (Lipinski definition) is 9. The molecule has 2 atom stereocenters. The Balaban J connectivity index is 1.48. The van der Waals surface area contributed by atoms with Crippen molar-refractivity contribution in [2.75, 3.05) is 49.7 Å². The topological polar surface area (TPSA) is 153 Å². The minimum Gasteiger partial charge on any atom is -0.449 e. The molecule has 4 rings (SSSR count). The largest absolute Gasteiger partial charge is 0.449 e. The Bertz CT molecular complexity index is 1490. The van der Waals surface area contributed by atoms with Gasteiger partial charge in [-0.05, 0) is 51.1 Å². The number of hydrogen-bond donors (Lipinski definition) is 2. The van der Waals surface area contributed by atoms with Crippen LogP contribution in [0.5, 0.6) is 0 Å². The summed E-state index contributed by atoms with van der Waals surface area (Å²) in [5, 5.41) is 4.86. The molecule has 0 unspecified atom stereocenters. The summed E-state index contributed by atoms with van der Waals surface area (Å²) >= 11 is 0. The molecule has 2 heterocycles. The lowest BCUT2D eigenvalue weighted by molar-refractivity contribution is -0.167. The second-order valence-corrected chi connectivity index (χ2v) is 11.5. The van der Waals surface area contributed by atoms with Gasteiger partial charge in [0.2, 0.25) is 6.10 Å². The lowest BCUT2D eigenvalue weighted by Gasteiger charge is -2.35. The molecule has 4 amide bonds. The molecule has 46 heavy (non-hydrogen) atoms. The molecule has 0 bridgehead atoms. The lowest BCUT2D eigenvalue weighted by Crippen LogP contribution is -2.56. The highest BCUT2D eigenvalue weighted by Crippen LogP contribution is 2.26. The number of alkyl carbamates (subject to hydrolysis) is 1. The number of nitrogens with zero attached hydrogens (tertiary/aromatic N) is 2.